The molecule has 2 nitrogen and oxygen atoms in total. The molecule has 2 atom stereocenters. The predicted molar refractivity (Wildman–Crippen MR) is 98.3 cm³/mol. The molecule has 0 heterocycles. The minimum Gasteiger partial charge on any atom is -0.322 e. The van der Waals surface area contributed by atoms with Gasteiger partial charge in [0, 0.05) is 11.3 Å². The zero-order valence-corrected chi connectivity index (χ0v) is 14.8. The molecule has 1 N–H and O–H groups in total. The van der Waals surface area contributed by atoms with Gasteiger partial charge in [0.05, 0.1) is 0 Å². The van der Waals surface area contributed by atoms with Crippen LogP contribution in [0.4, 0.5) is 5.69 Å². The van der Waals surface area contributed by atoms with Crippen molar-refractivity contribution in [2.24, 2.45) is 17.8 Å². The highest BCUT2D eigenvalue weighted by molar-refractivity contribution is 6.03. The Morgan fingerprint density at radius 3 is 2.52 bits per heavy atom. The summed E-state index contributed by atoms with van der Waals surface area (Å²) >= 11 is 0. The standard InChI is InChI=1S/C21H31NO/c1-16(2)8-7-9-17(3)18-12-14-19(15-13-18)21(23)22-20-10-5-4-6-11-20/h4-6,10-11,14,16-18H,7-9,12-13,15H2,1-3H3,(H,22,23)/t17-,18+/m1/s1. The third-order valence-corrected chi connectivity index (χ3v) is 5.02. The van der Waals surface area contributed by atoms with Gasteiger partial charge >= 0.3 is 0 Å². The zero-order valence-electron chi connectivity index (χ0n) is 14.8. The highest BCUT2D eigenvalue weighted by atomic mass is 16.1. The Hall–Kier alpha value is -1.57. The van der Waals surface area contributed by atoms with Gasteiger partial charge in [0.15, 0.2) is 0 Å². The van der Waals surface area contributed by atoms with E-state index in [0.717, 1.165) is 48.3 Å². The lowest BCUT2D eigenvalue weighted by Crippen LogP contribution is -2.21. The van der Waals surface area contributed by atoms with Crippen molar-refractivity contribution in [2.45, 2.75) is 59.3 Å². The van der Waals surface area contributed by atoms with Crippen LogP contribution in [-0.2, 0) is 4.79 Å². The van der Waals surface area contributed by atoms with E-state index in [1.165, 1.54) is 19.3 Å². The fourth-order valence-electron chi connectivity index (χ4n) is 3.39. The van der Waals surface area contributed by atoms with Crippen molar-refractivity contribution in [2.75, 3.05) is 5.32 Å². The molecule has 23 heavy (non-hydrogen) atoms. The van der Waals surface area contributed by atoms with Gasteiger partial charge in [-0.3, -0.25) is 4.79 Å². The number of para-hydroxylation sites is 1. The number of carbonyl (C=O) groups excluding carboxylic acids is 1. The molecule has 1 aliphatic carbocycles. The number of anilines is 1. The summed E-state index contributed by atoms with van der Waals surface area (Å²) < 4.78 is 0. The third kappa shape index (κ3) is 5.85. The van der Waals surface area contributed by atoms with Gasteiger partial charge in [-0.05, 0) is 49.1 Å². The van der Waals surface area contributed by atoms with Crippen LogP contribution in [0.5, 0.6) is 0 Å². The van der Waals surface area contributed by atoms with Crippen molar-refractivity contribution < 1.29 is 4.79 Å². The van der Waals surface area contributed by atoms with E-state index in [-0.39, 0.29) is 5.91 Å². The first-order valence-electron chi connectivity index (χ1n) is 9.11. The van der Waals surface area contributed by atoms with Crippen LogP contribution in [0.25, 0.3) is 0 Å². The molecule has 1 aromatic carbocycles. The Morgan fingerprint density at radius 2 is 1.91 bits per heavy atom. The topological polar surface area (TPSA) is 29.1 Å². The van der Waals surface area contributed by atoms with E-state index in [2.05, 4.69) is 32.2 Å². The molecule has 1 aromatic rings. The van der Waals surface area contributed by atoms with Gasteiger partial charge in [-0.15, -0.1) is 0 Å². The van der Waals surface area contributed by atoms with Crippen molar-refractivity contribution in [1.82, 2.24) is 0 Å². The lowest BCUT2D eigenvalue weighted by molar-refractivity contribution is -0.113. The predicted octanol–water partition coefficient (Wildman–Crippen LogP) is 5.81. The third-order valence-electron chi connectivity index (χ3n) is 5.02. The Balaban J connectivity index is 1.79. The minimum atomic E-state index is 0.0714. The molecule has 2 rings (SSSR count). The number of benzene rings is 1. The van der Waals surface area contributed by atoms with E-state index >= 15 is 0 Å². The second-order valence-electron chi connectivity index (χ2n) is 7.39. The van der Waals surface area contributed by atoms with E-state index in [9.17, 15) is 4.79 Å². The van der Waals surface area contributed by atoms with E-state index in [1.807, 2.05) is 30.3 Å². The quantitative estimate of drug-likeness (QED) is 0.675. The maximum absolute atomic E-state index is 12.3. The van der Waals surface area contributed by atoms with E-state index < -0.39 is 0 Å². The van der Waals surface area contributed by atoms with Crippen LogP contribution in [0, 0.1) is 17.8 Å². The van der Waals surface area contributed by atoms with Crippen LogP contribution >= 0.6 is 0 Å². The number of nitrogens with one attached hydrogen (secondary N) is 1. The number of hydrogen-bond donors (Lipinski definition) is 1. The molecular formula is C21H31NO. The van der Waals surface area contributed by atoms with Crippen molar-refractivity contribution in [1.29, 1.82) is 0 Å². The molecule has 1 aliphatic rings. The first-order chi connectivity index (χ1) is 11.1. The molecule has 0 unspecified atom stereocenters. The Labute approximate surface area is 141 Å². The van der Waals surface area contributed by atoms with E-state index in [0.29, 0.717) is 0 Å². The van der Waals surface area contributed by atoms with Gasteiger partial charge in [-0.25, -0.2) is 0 Å². The number of amides is 1. The normalized spacial score (nSPS) is 19.3. The van der Waals surface area contributed by atoms with Gasteiger partial charge in [-0.1, -0.05) is 64.3 Å². The van der Waals surface area contributed by atoms with Crippen LogP contribution in [0.1, 0.15) is 59.3 Å². The van der Waals surface area contributed by atoms with Gasteiger partial charge in [0.1, 0.15) is 0 Å². The maximum Gasteiger partial charge on any atom is 0.251 e. The zero-order chi connectivity index (χ0) is 16.7. The number of carbonyl (C=O) groups is 1. The highest BCUT2D eigenvalue weighted by Crippen LogP contribution is 2.32. The van der Waals surface area contributed by atoms with Crippen molar-refractivity contribution >= 4 is 11.6 Å². The second kappa shape index (κ2) is 8.90. The molecule has 0 fully saturated rings. The fraction of sp³-hybridized carbons (Fsp3) is 0.571. The summed E-state index contributed by atoms with van der Waals surface area (Å²) in [6.07, 6.45) is 9.28. The number of allylic oxidation sites excluding steroid dienone is 1. The van der Waals surface area contributed by atoms with Crippen LogP contribution in [0.3, 0.4) is 0 Å². The van der Waals surface area contributed by atoms with Crippen molar-refractivity contribution in [3.05, 3.63) is 42.0 Å². The molecule has 0 bridgehead atoms. The van der Waals surface area contributed by atoms with Gasteiger partial charge in [0.25, 0.3) is 5.91 Å². The van der Waals surface area contributed by atoms with Crippen LogP contribution in [0.2, 0.25) is 0 Å². The van der Waals surface area contributed by atoms with Gasteiger partial charge < -0.3 is 5.32 Å². The van der Waals surface area contributed by atoms with Gasteiger partial charge in [0.2, 0.25) is 0 Å². The summed E-state index contributed by atoms with van der Waals surface area (Å²) in [5.41, 5.74) is 1.84. The lowest BCUT2D eigenvalue weighted by atomic mass is 9.79. The molecule has 0 aromatic heterocycles. The summed E-state index contributed by atoms with van der Waals surface area (Å²) in [4.78, 5) is 12.3. The Morgan fingerprint density at radius 1 is 1.17 bits per heavy atom. The molecule has 126 valence electrons. The number of rotatable bonds is 7. The summed E-state index contributed by atoms with van der Waals surface area (Å²) in [6.45, 7) is 6.98. The molecular weight excluding hydrogens is 282 g/mol. The lowest BCUT2D eigenvalue weighted by Gasteiger charge is -2.27. The molecule has 1 amide bonds. The molecule has 0 saturated heterocycles. The summed E-state index contributed by atoms with van der Waals surface area (Å²) in [5.74, 6) is 2.39. The molecule has 0 spiro atoms. The first kappa shape index (κ1) is 17.8. The smallest absolute Gasteiger partial charge is 0.251 e. The van der Waals surface area contributed by atoms with E-state index in [4.69, 9.17) is 0 Å². The Bertz CT molecular complexity index is 518. The average molecular weight is 313 g/mol. The molecule has 0 saturated carbocycles. The largest absolute Gasteiger partial charge is 0.322 e. The van der Waals surface area contributed by atoms with Crippen LogP contribution in [-0.4, -0.2) is 5.91 Å². The monoisotopic (exact) mass is 313 g/mol. The molecule has 2 heteroatoms. The van der Waals surface area contributed by atoms with Crippen molar-refractivity contribution in [3.8, 4) is 0 Å². The van der Waals surface area contributed by atoms with Gasteiger partial charge in [-0.2, -0.15) is 0 Å². The molecule has 0 aliphatic heterocycles. The summed E-state index contributed by atoms with van der Waals surface area (Å²) in [6, 6.07) is 9.71. The number of hydrogen-bond acceptors (Lipinski definition) is 1. The summed E-state index contributed by atoms with van der Waals surface area (Å²) in [5, 5.41) is 3.00. The average Bonchev–Trinajstić information content (AvgIpc) is 2.55. The van der Waals surface area contributed by atoms with Crippen molar-refractivity contribution in [3.63, 3.8) is 0 Å². The Kier molecular flexibility index (Phi) is 6.88. The summed E-state index contributed by atoms with van der Waals surface area (Å²) in [7, 11) is 0. The highest BCUT2D eigenvalue weighted by Gasteiger charge is 2.22. The molecule has 0 radical (unpaired) electrons. The SMILES string of the molecule is CC(C)CCC[C@@H](C)[C@H]1CC=C(C(=O)Nc2ccccc2)CC1. The van der Waals surface area contributed by atoms with E-state index in [1.54, 1.807) is 0 Å². The van der Waals surface area contributed by atoms with Crippen LogP contribution in [0.15, 0.2) is 42.0 Å². The second-order valence-corrected chi connectivity index (χ2v) is 7.39. The minimum absolute atomic E-state index is 0.0714. The van der Waals surface area contributed by atoms with Crippen LogP contribution < -0.4 is 5.32 Å². The first-order valence-corrected chi connectivity index (χ1v) is 9.11. The maximum atomic E-state index is 12.3. The fourth-order valence-corrected chi connectivity index (χ4v) is 3.39.